The minimum Gasteiger partial charge on any atom is -0.392 e. The molecule has 5 aromatic rings. The summed E-state index contributed by atoms with van der Waals surface area (Å²) in [6, 6.07) is 44.7. The van der Waals surface area contributed by atoms with Crippen molar-refractivity contribution >= 4 is 5.91 Å². The Balaban J connectivity index is 1.04. The second-order valence-corrected chi connectivity index (χ2v) is 13.3. The lowest BCUT2D eigenvalue weighted by molar-refractivity contribution is -0.253. The molecule has 256 valence electrons. The van der Waals surface area contributed by atoms with Crippen LogP contribution >= 0.6 is 0 Å². The van der Waals surface area contributed by atoms with Crippen molar-refractivity contribution in [3.63, 3.8) is 0 Å². The molecule has 0 bridgehead atoms. The van der Waals surface area contributed by atoms with Gasteiger partial charge in [0.05, 0.1) is 18.8 Å². The number of carbonyl (C=O) groups is 1. The van der Waals surface area contributed by atoms with Crippen LogP contribution in [0, 0.1) is 0 Å². The zero-order valence-electron chi connectivity index (χ0n) is 28.4. The molecule has 2 aliphatic heterocycles. The van der Waals surface area contributed by atoms with E-state index in [1.54, 1.807) is 0 Å². The van der Waals surface area contributed by atoms with E-state index in [1.165, 1.54) is 5.56 Å². The fourth-order valence-corrected chi connectivity index (χ4v) is 6.89. The lowest BCUT2D eigenvalue weighted by atomic mass is 9.98. The fourth-order valence-electron chi connectivity index (χ4n) is 6.89. The van der Waals surface area contributed by atoms with Crippen LogP contribution in [0.4, 0.5) is 0 Å². The minimum absolute atomic E-state index is 0.00264. The van der Waals surface area contributed by atoms with E-state index >= 15 is 0 Å². The van der Waals surface area contributed by atoms with Crippen LogP contribution in [0.3, 0.4) is 0 Å². The predicted octanol–water partition coefficient (Wildman–Crippen LogP) is 7.14. The predicted molar refractivity (Wildman–Crippen MR) is 196 cm³/mol. The highest BCUT2D eigenvalue weighted by atomic mass is 16.7. The number of hydrogen-bond donors (Lipinski definition) is 2. The maximum absolute atomic E-state index is 12.6. The van der Waals surface area contributed by atoms with Gasteiger partial charge in [0.15, 0.2) is 6.29 Å². The van der Waals surface area contributed by atoms with E-state index in [-0.39, 0.29) is 24.7 Å². The number of carbonyl (C=O) groups excluding carboxylic acids is 1. The summed E-state index contributed by atoms with van der Waals surface area (Å²) in [6.07, 6.45) is 0.0995. The number of amides is 1. The van der Waals surface area contributed by atoms with Crippen molar-refractivity contribution in [3.05, 3.63) is 167 Å². The number of aliphatic hydroxyl groups excluding tert-OH is 1. The normalized spacial score (nSPS) is 20.0. The Labute approximate surface area is 295 Å². The lowest BCUT2D eigenvalue weighted by Crippen LogP contribution is -2.49. The van der Waals surface area contributed by atoms with Crippen LogP contribution in [-0.4, -0.2) is 59.6 Å². The van der Waals surface area contributed by atoms with Crippen LogP contribution in [0.25, 0.3) is 11.1 Å². The Morgan fingerprint density at radius 3 is 2.06 bits per heavy atom. The first-order chi connectivity index (χ1) is 24.6. The molecule has 2 fully saturated rings. The van der Waals surface area contributed by atoms with Crippen molar-refractivity contribution in [3.8, 4) is 11.1 Å². The summed E-state index contributed by atoms with van der Waals surface area (Å²) in [5.41, 5.74) is 8.11. The first kappa shape index (κ1) is 33.8. The third-order valence-electron chi connectivity index (χ3n) is 9.70. The zero-order valence-corrected chi connectivity index (χ0v) is 28.4. The van der Waals surface area contributed by atoms with Gasteiger partial charge in [-0.05, 0) is 57.6 Å². The van der Waals surface area contributed by atoms with Gasteiger partial charge >= 0.3 is 0 Å². The molecule has 2 N–H and O–H groups in total. The van der Waals surface area contributed by atoms with Crippen molar-refractivity contribution in [1.82, 2.24) is 15.1 Å². The SMILES string of the molecule is O=C(NCc1cccc(-c2cccc([C@@H]3O[C@H](CN4CCN(Cc5ccccc5)CC4)C[C@H](c4ccc(CO)cc4)O3)c2)c1)c1ccccc1. The number of hydrogen-bond acceptors (Lipinski definition) is 6. The van der Waals surface area contributed by atoms with Crippen LogP contribution in [-0.2, 0) is 29.2 Å². The number of rotatable bonds is 11. The molecule has 50 heavy (non-hydrogen) atoms. The standard InChI is InChI=1S/C43H45N3O4/c47-31-33-17-19-35(20-18-33)41-27-40(30-46-23-21-45(22-24-46)29-32-9-3-1-4-10-32)49-43(50-41)39-16-8-15-38(26-39)37-14-7-11-34(25-37)28-44-42(48)36-12-5-2-6-13-36/h1-20,25-26,40-41,43,47H,21-24,27-31H2,(H,44,48)/t40-,41+,43+/m0/s1. The number of benzene rings is 5. The Morgan fingerprint density at radius 1 is 0.660 bits per heavy atom. The van der Waals surface area contributed by atoms with E-state index < -0.39 is 6.29 Å². The Kier molecular flexibility index (Phi) is 11.1. The van der Waals surface area contributed by atoms with Crippen molar-refractivity contribution in [1.29, 1.82) is 0 Å². The summed E-state index contributed by atoms with van der Waals surface area (Å²) in [5.74, 6) is -0.0891. The smallest absolute Gasteiger partial charge is 0.251 e. The van der Waals surface area contributed by atoms with Crippen molar-refractivity contribution in [2.45, 2.75) is 44.6 Å². The highest BCUT2D eigenvalue weighted by Gasteiger charge is 2.34. The van der Waals surface area contributed by atoms with Crippen LogP contribution in [0.2, 0.25) is 0 Å². The maximum atomic E-state index is 12.6. The molecule has 0 saturated carbocycles. The van der Waals surface area contributed by atoms with Crippen LogP contribution < -0.4 is 5.32 Å². The minimum atomic E-state index is -0.524. The van der Waals surface area contributed by atoms with E-state index in [9.17, 15) is 9.90 Å². The van der Waals surface area contributed by atoms with Gasteiger partial charge in [-0.25, -0.2) is 0 Å². The zero-order chi connectivity index (χ0) is 34.1. The molecule has 2 aliphatic rings. The number of piperazine rings is 1. The van der Waals surface area contributed by atoms with Gasteiger partial charge in [0.1, 0.15) is 0 Å². The van der Waals surface area contributed by atoms with Gasteiger partial charge in [0, 0.05) is 63.4 Å². The van der Waals surface area contributed by atoms with Gasteiger partial charge in [0.25, 0.3) is 5.91 Å². The van der Waals surface area contributed by atoms with E-state index in [0.29, 0.717) is 12.1 Å². The summed E-state index contributed by atoms with van der Waals surface area (Å²) in [5, 5.41) is 12.7. The number of aliphatic hydroxyl groups is 1. The molecule has 0 radical (unpaired) electrons. The Bertz CT molecular complexity index is 1820. The third-order valence-corrected chi connectivity index (χ3v) is 9.70. The number of nitrogens with one attached hydrogen (secondary N) is 1. The molecule has 0 unspecified atom stereocenters. The van der Waals surface area contributed by atoms with E-state index in [0.717, 1.165) is 79.1 Å². The largest absolute Gasteiger partial charge is 0.392 e. The monoisotopic (exact) mass is 667 g/mol. The molecule has 0 aliphatic carbocycles. The average molecular weight is 668 g/mol. The summed E-state index contributed by atoms with van der Waals surface area (Å²) in [6.45, 7) is 6.37. The molecule has 1 amide bonds. The molecular weight excluding hydrogens is 622 g/mol. The van der Waals surface area contributed by atoms with Crippen molar-refractivity contribution in [2.24, 2.45) is 0 Å². The first-order valence-electron chi connectivity index (χ1n) is 17.6. The third kappa shape index (κ3) is 8.74. The van der Waals surface area contributed by atoms with Gasteiger partial charge < -0.3 is 19.9 Å². The average Bonchev–Trinajstić information content (AvgIpc) is 3.18. The number of ether oxygens (including phenoxy) is 2. The molecule has 0 spiro atoms. The molecule has 2 saturated heterocycles. The molecule has 3 atom stereocenters. The molecule has 2 heterocycles. The molecule has 5 aromatic carbocycles. The van der Waals surface area contributed by atoms with Gasteiger partial charge in [-0.15, -0.1) is 0 Å². The van der Waals surface area contributed by atoms with Crippen LogP contribution in [0.15, 0.2) is 133 Å². The molecular formula is C43H45N3O4. The van der Waals surface area contributed by atoms with Gasteiger partial charge in [-0.2, -0.15) is 0 Å². The van der Waals surface area contributed by atoms with E-state index in [1.807, 2.05) is 54.6 Å². The topological polar surface area (TPSA) is 74.3 Å². The number of nitrogens with zero attached hydrogens (tertiary/aromatic N) is 2. The highest BCUT2D eigenvalue weighted by Crippen LogP contribution is 2.39. The lowest BCUT2D eigenvalue weighted by Gasteiger charge is -2.41. The summed E-state index contributed by atoms with van der Waals surface area (Å²) < 4.78 is 13.4. The van der Waals surface area contributed by atoms with Crippen LogP contribution in [0.5, 0.6) is 0 Å². The summed E-state index contributed by atoms with van der Waals surface area (Å²) in [7, 11) is 0. The second-order valence-electron chi connectivity index (χ2n) is 13.3. The molecule has 0 aromatic heterocycles. The van der Waals surface area contributed by atoms with Gasteiger partial charge in [-0.1, -0.05) is 109 Å². The first-order valence-corrected chi connectivity index (χ1v) is 17.6. The molecule has 7 nitrogen and oxygen atoms in total. The Hall–Kier alpha value is -4.63. The van der Waals surface area contributed by atoms with Crippen LogP contribution in [0.1, 0.15) is 57.0 Å². The molecule has 7 heteroatoms. The Morgan fingerprint density at radius 2 is 1.32 bits per heavy atom. The summed E-state index contributed by atoms with van der Waals surface area (Å²) in [4.78, 5) is 17.7. The fraction of sp³-hybridized carbons (Fsp3) is 0.279. The maximum Gasteiger partial charge on any atom is 0.251 e. The van der Waals surface area contributed by atoms with E-state index in [4.69, 9.17) is 9.47 Å². The van der Waals surface area contributed by atoms with Crippen molar-refractivity contribution in [2.75, 3.05) is 32.7 Å². The van der Waals surface area contributed by atoms with Gasteiger partial charge in [-0.3, -0.25) is 14.6 Å². The highest BCUT2D eigenvalue weighted by molar-refractivity contribution is 5.94. The van der Waals surface area contributed by atoms with E-state index in [2.05, 4.69) is 94.0 Å². The van der Waals surface area contributed by atoms with Gasteiger partial charge in [0.2, 0.25) is 0 Å². The van der Waals surface area contributed by atoms with Crippen molar-refractivity contribution < 1.29 is 19.4 Å². The second kappa shape index (κ2) is 16.4. The summed E-state index contributed by atoms with van der Waals surface area (Å²) >= 11 is 0. The quantitative estimate of drug-likeness (QED) is 0.156. The molecule has 7 rings (SSSR count).